The lowest BCUT2D eigenvalue weighted by molar-refractivity contribution is 0.405. The highest BCUT2D eigenvalue weighted by Crippen LogP contribution is 2.36. The van der Waals surface area contributed by atoms with Gasteiger partial charge in [0.1, 0.15) is 11.5 Å². The van der Waals surface area contributed by atoms with E-state index >= 15 is 0 Å². The Labute approximate surface area is 154 Å². The zero-order valence-electron chi connectivity index (χ0n) is 12.2. The number of hydrogen-bond acceptors (Lipinski definition) is 3. The number of hydrogen-bond donors (Lipinski definition) is 2. The van der Waals surface area contributed by atoms with Gasteiger partial charge in [0.15, 0.2) is 5.11 Å². The molecule has 122 valence electrons. The number of nitrogens with one attached hydrogen (secondary N) is 2. The molecule has 0 unspecified atom stereocenters. The van der Waals surface area contributed by atoms with Gasteiger partial charge in [-0.05, 0) is 30.4 Å². The van der Waals surface area contributed by atoms with Crippen molar-refractivity contribution in [2.24, 2.45) is 0 Å². The Hall–Kier alpha value is -1.40. The highest BCUT2D eigenvalue weighted by molar-refractivity contribution is 7.80. The highest BCUT2D eigenvalue weighted by atomic mass is 35.5. The SMILES string of the molecule is COc1cc(NC(=S)Nc2cc(Cl)ccc2Cl)c(OC)cc1Cl. The number of ether oxygens (including phenoxy) is 2. The second kappa shape index (κ2) is 7.93. The fourth-order valence-corrected chi connectivity index (χ4v) is 2.61. The molecule has 0 amide bonds. The Bertz CT molecular complexity index is 741. The Morgan fingerprint density at radius 1 is 0.870 bits per heavy atom. The van der Waals surface area contributed by atoms with E-state index in [2.05, 4.69) is 10.6 Å². The van der Waals surface area contributed by atoms with Gasteiger partial charge in [-0.3, -0.25) is 0 Å². The third-order valence-electron chi connectivity index (χ3n) is 2.90. The van der Waals surface area contributed by atoms with E-state index in [1.807, 2.05) is 0 Å². The molecule has 0 aliphatic heterocycles. The smallest absolute Gasteiger partial charge is 0.175 e. The summed E-state index contributed by atoms with van der Waals surface area (Å²) >= 11 is 23.4. The Morgan fingerprint density at radius 2 is 1.52 bits per heavy atom. The van der Waals surface area contributed by atoms with Crippen LogP contribution in [0, 0.1) is 0 Å². The molecule has 0 fully saturated rings. The third kappa shape index (κ3) is 4.54. The second-order valence-electron chi connectivity index (χ2n) is 4.39. The molecule has 0 aliphatic rings. The lowest BCUT2D eigenvalue weighted by atomic mass is 10.2. The number of anilines is 2. The Morgan fingerprint density at radius 3 is 2.17 bits per heavy atom. The van der Waals surface area contributed by atoms with Crippen molar-refractivity contribution in [3.63, 3.8) is 0 Å². The summed E-state index contributed by atoms with van der Waals surface area (Å²) in [6.45, 7) is 0. The van der Waals surface area contributed by atoms with E-state index in [0.29, 0.717) is 43.1 Å². The lowest BCUT2D eigenvalue weighted by Crippen LogP contribution is -2.19. The average molecular weight is 392 g/mol. The molecule has 0 spiro atoms. The predicted octanol–water partition coefficient (Wildman–Crippen LogP) is 5.47. The fraction of sp³-hybridized carbons (Fsp3) is 0.133. The molecule has 0 bridgehead atoms. The first-order valence-corrected chi connectivity index (χ1v) is 7.93. The summed E-state index contributed by atoms with van der Waals surface area (Å²) in [5.74, 6) is 1.02. The normalized spacial score (nSPS) is 10.1. The zero-order valence-corrected chi connectivity index (χ0v) is 15.3. The van der Waals surface area contributed by atoms with Crippen molar-refractivity contribution in [2.45, 2.75) is 0 Å². The molecular weight excluding hydrogens is 379 g/mol. The van der Waals surface area contributed by atoms with Gasteiger partial charge in [0.05, 0.1) is 35.6 Å². The van der Waals surface area contributed by atoms with E-state index < -0.39 is 0 Å². The summed E-state index contributed by atoms with van der Waals surface area (Å²) in [6, 6.07) is 8.38. The average Bonchev–Trinajstić information content (AvgIpc) is 2.52. The maximum atomic E-state index is 6.10. The minimum Gasteiger partial charge on any atom is -0.495 e. The van der Waals surface area contributed by atoms with Crippen molar-refractivity contribution < 1.29 is 9.47 Å². The number of thiocarbonyl (C=S) groups is 1. The molecular formula is C15H13Cl3N2O2S. The van der Waals surface area contributed by atoms with Gasteiger partial charge >= 0.3 is 0 Å². The zero-order chi connectivity index (χ0) is 17.0. The minimum atomic E-state index is 0.317. The number of benzene rings is 2. The summed E-state index contributed by atoms with van der Waals surface area (Å²) in [6.07, 6.45) is 0. The van der Waals surface area contributed by atoms with Crippen LogP contribution in [0.1, 0.15) is 0 Å². The molecule has 0 aliphatic carbocycles. The monoisotopic (exact) mass is 390 g/mol. The van der Waals surface area contributed by atoms with Crippen LogP contribution in [0.15, 0.2) is 30.3 Å². The molecule has 0 saturated heterocycles. The molecule has 0 radical (unpaired) electrons. The van der Waals surface area contributed by atoms with E-state index in [-0.39, 0.29) is 0 Å². The molecule has 0 aromatic heterocycles. The van der Waals surface area contributed by atoms with Crippen LogP contribution in [0.5, 0.6) is 11.5 Å². The molecule has 8 heteroatoms. The van der Waals surface area contributed by atoms with Gasteiger partial charge in [-0.25, -0.2) is 0 Å². The molecule has 0 atom stereocenters. The largest absolute Gasteiger partial charge is 0.495 e. The van der Waals surface area contributed by atoms with E-state index in [0.717, 1.165) is 0 Å². The van der Waals surface area contributed by atoms with Crippen LogP contribution in [0.3, 0.4) is 0 Å². The van der Waals surface area contributed by atoms with E-state index in [1.165, 1.54) is 14.2 Å². The maximum Gasteiger partial charge on any atom is 0.175 e. The van der Waals surface area contributed by atoms with Gasteiger partial charge in [-0.2, -0.15) is 0 Å². The van der Waals surface area contributed by atoms with Crippen LogP contribution in [-0.4, -0.2) is 19.3 Å². The van der Waals surface area contributed by atoms with E-state index in [4.69, 9.17) is 56.5 Å². The molecule has 2 N–H and O–H groups in total. The lowest BCUT2D eigenvalue weighted by Gasteiger charge is -2.16. The van der Waals surface area contributed by atoms with Gasteiger partial charge in [-0.1, -0.05) is 34.8 Å². The van der Waals surface area contributed by atoms with Gasteiger partial charge in [0, 0.05) is 17.2 Å². The fourth-order valence-electron chi connectivity index (χ4n) is 1.83. The van der Waals surface area contributed by atoms with Crippen LogP contribution in [0.4, 0.5) is 11.4 Å². The molecule has 0 heterocycles. The highest BCUT2D eigenvalue weighted by Gasteiger charge is 2.12. The van der Waals surface area contributed by atoms with Crippen molar-refractivity contribution in [3.8, 4) is 11.5 Å². The first-order chi connectivity index (χ1) is 10.9. The van der Waals surface area contributed by atoms with Crippen LogP contribution in [-0.2, 0) is 0 Å². The summed E-state index contributed by atoms with van der Waals surface area (Å²) < 4.78 is 10.5. The van der Waals surface area contributed by atoms with Gasteiger partial charge in [-0.15, -0.1) is 0 Å². The van der Waals surface area contributed by atoms with Gasteiger partial charge in [0.2, 0.25) is 0 Å². The molecule has 4 nitrogen and oxygen atoms in total. The topological polar surface area (TPSA) is 42.5 Å². The van der Waals surface area contributed by atoms with Crippen molar-refractivity contribution in [1.82, 2.24) is 0 Å². The number of halogens is 3. The van der Waals surface area contributed by atoms with Crippen molar-refractivity contribution in [1.29, 1.82) is 0 Å². The van der Waals surface area contributed by atoms with Gasteiger partial charge in [0.25, 0.3) is 0 Å². The first-order valence-electron chi connectivity index (χ1n) is 6.39. The maximum absolute atomic E-state index is 6.10. The summed E-state index contributed by atoms with van der Waals surface area (Å²) in [5, 5.41) is 7.79. The standard InChI is InChI=1S/C15H13Cl3N2O2S/c1-21-13-7-12(14(22-2)6-10(13)18)20-15(23)19-11-5-8(16)3-4-9(11)17/h3-7H,1-2H3,(H2,19,20,23). The summed E-state index contributed by atoms with van der Waals surface area (Å²) in [4.78, 5) is 0. The molecule has 2 rings (SSSR count). The quantitative estimate of drug-likeness (QED) is 0.676. The Kier molecular flexibility index (Phi) is 6.18. The van der Waals surface area contributed by atoms with E-state index in [9.17, 15) is 0 Å². The molecule has 2 aromatic carbocycles. The van der Waals surface area contributed by atoms with Crippen LogP contribution < -0.4 is 20.1 Å². The minimum absolute atomic E-state index is 0.317. The van der Waals surface area contributed by atoms with Gasteiger partial charge < -0.3 is 20.1 Å². The summed E-state index contributed by atoms with van der Waals surface area (Å²) in [5.41, 5.74) is 1.20. The molecule has 23 heavy (non-hydrogen) atoms. The first kappa shape index (κ1) is 17.9. The third-order valence-corrected chi connectivity index (χ3v) is 3.96. The van der Waals surface area contributed by atoms with Crippen LogP contribution in [0.25, 0.3) is 0 Å². The molecule has 0 saturated carbocycles. The van der Waals surface area contributed by atoms with Crippen molar-refractivity contribution in [3.05, 3.63) is 45.4 Å². The number of methoxy groups -OCH3 is 2. The predicted molar refractivity (Wildman–Crippen MR) is 101 cm³/mol. The second-order valence-corrected chi connectivity index (χ2v) is 6.05. The van der Waals surface area contributed by atoms with Crippen molar-refractivity contribution >= 4 is 63.5 Å². The molecule has 2 aromatic rings. The van der Waals surface area contributed by atoms with Crippen molar-refractivity contribution in [2.75, 3.05) is 24.9 Å². The van der Waals surface area contributed by atoms with Crippen LogP contribution >= 0.6 is 47.0 Å². The number of rotatable bonds is 4. The van der Waals surface area contributed by atoms with Crippen LogP contribution in [0.2, 0.25) is 15.1 Å². The Balaban J connectivity index is 2.21. The van der Waals surface area contributed by atoms with E-state index in [1.54, 1.807) is 30.3 Å². The summed E-state index contributed by atoms with van der Waals surface area (Å²) in [7, 11) is 3.06.